The fourth-order valence-corrected chi connectivity index (χ4v) is 1.15. The van der Waals surface area contributed by atoms with Crippen molar-refractivity contribution in [2.75, 3.05) is 13.2 Å². The summed E-state index contributed by atoms with van der Waals surface area (Å²) in [6, 6.07) is -0.534. The number of aliphatic hydroxyl groups is 4. The number of nitrogens with one attached hydrogen (secondary N) is 1. The molecule has 0 saturated carbocycles. The van der Waals surface area contributed by atoms with Gasteiger partial charge in [0.2, 0.25) is 0 Å². The number of piperidine rings is 1. The minimum atomic E-state index is -1.16. The van der Waals surface area contributed by atoms with E-state index in [-0.39, 0.29) is 25.6 Å². The Morgan fingerprint density at radius 1 is 1.17 bits per heavy atom. The van der Waals surface area contributed by atoms with Gasteiger partial charge in [0.15, 0.2) is 0 Å². The molecule has 1 rings (SSSR count). The third-order valence-corrected chi connectivity index (χ3v) is 1.94. The lowest BCUT2D eigenvalue weighted by atomic mass is 9.97. The van der Waals surface area contributed by atoms with E-state index < -0.39 is 24.4 Å². The summed E-state index contributed by atoms with van der Waals surface area (Å²) in [7, 11) is 0. The van der Waals surface area contributed by atoms with Crippen molar-refractivity contribution in [2.24, 2.45) is 0 Å². The lowest BCUT2D eigenvalue weighted by molar-refractivity contribution is -0.101. The first-order valence-corrected chi connectivity index (χ1v) is 3.55. The topological polar surface area (TPSA) is 93.0 Å². The highest BCUT2D eigenvalue weighted by Gasteiger charge is 2.35. The van der Waals surface area contributed by atoms with Crippen molar-refractivity contribution in [1.82, 2.24) is 5.32 Å². The van der Waals surface area contributed by atoms with Crippen molar-refractivity contribution in [1.29, 1.82) is 0 Å². The zero-order chi connectivity index (χ0) is 8.43. The van der Waals surface area contributed by atoms with E-state index in [1.807, 2.05) is 0 Å². The van der Waals surface area contributed by atoms with Crippen molar-refractivity contribution >= 4 is 12.4 Å². The molecule has 5 nitrogen and oxygen atoms in total. The van der Waals surface area contributed by atoms with E-state index in [1.165, 1.54) is 0 Å². The summed E-state index contributed by atoms with van der Waals surface area (Å²) >= 11 is 0. The normalized spacial score (nSPS) is 42.0. The van der Waals surface area contributed by atoms with Crippen LogP contribution in [-0.2, 0) is 0 Å². The van der Waals surface area contributed by atoms with Gasteiger partial charge in [-0.2, -0.15) is 0 Å². The molecule has 0 spiro atoms. The highest BCUT2D eigenvalue weighted by molar-refractivity contribution is 5.85. The van der Waals surface area contributed by atoms with Crippen LogP contribution in [0.25, 0.3) is 0 Å². The average molecular weight is 200 g/mol. The van der Waals surface area contributed by atoms with Gasteiger partial charge in [-0.3, -0.25) is 0 Å². The third kappa shape index (κ3) is 2.29. The maximum Gasteiger partial charge on any atom is 0.109 e. The molecule has 1 aliphatic rings. The fourth-order valence-electron chi connectivity index (χ4n) is 1.15. The van der Waals surface area contributed by atoms with E-state index in [0.29, 0.717) is 0 Å². The molecular formula is C6H14ClNO4. The molecule has 12 heavy (non-hydrogen) atoms. The molecule has 5 N–H and O–H groups in total. The number of hydrogen-bond donors (Lipinski definition) is 5. The largest absolute Gasteiger partial charge is 0.395 e. The number of halogens is 1. The van der Waals surface area contributed by atoms with Gasteiger partial charge in [-0.05, 0) is 0 Å². The van der Waals surface area contributed by atoms with Crippen LogP contribution in [0.3, 0.4) is 0 Å². The zero-order valence-corrected chi connectivity index (χ0v) is 7.24. The Balaban J connectivity index is 0.00000121. The number of hydrogen-bond acceptors (Lipinski definition) is 5. The molecule has 6 heteroatoms. The highest BCUT2D eigenvalue weighted by atomic mass is 35.5. The molecule has 0 aromatic heterocycles. The number of rotatable bonds is 1. The SMILES string of the molecule is Cl.OC[C@@H]1NC[C@@H](O)[C@@H](O)[C@@H]1O. The second-order valence-corrected chi connectivity index (χ2v) is 2.75. The minimum absolute atomic E-state index is 0. The molecule has 1 fully saturated rings. The molecule has 1 saturated heterocycles. The van der Waals surface area contributed by atoms with Gasteiger partial charge in [0.05, 0.1) is 24.9 Å². The van der Waals surface area contributed by atoms with Crippen molar-refractivity contribution in [2.45, 2.75) is 24.4 Å². The van der Waals surface area contributed by atoms with Crippen LogP contribution in [-0.4, -0.2) is 57.9 Å². The van der Waals surface area contributed by atoms with Gasteiger partial charge in [-0.15, -0.1) is 12.4 Å². The first-order chi connectivity index (χ1) is 5.16. The van der Waals surface area contributed by atoms with Crippen molar-refractivity contribution < 1.29 is 20.4 Å². The van der Waals surface area contributed by atoms with Gasteiger partial charge in [0, 0.05) is 6.54 Å². The number of aliphatic hydroxyl groups excluding tert-OH is 4. The maximum atomic E-state index is 9.18. The Hall–Kier alpha value is 0.0900. The summed E-state index contributed by atoms with van der Waals surface area (Å²) < 4.78 is 0. The monoisotopic (exact) mass is 199 g/mol. The van der Waals surface area contributed by atoms with Crippen LogP contribution >= 0.6 is 12.4 Å². The van der Waals surface area contributed by atoms with Gasteiger partial charge in [-0.25, -0.2) is 0 Å². The Morgan fingerprint density at radius 2 is 1.75 bits per heavy atom. The summed E-state index contributed by atoms with van der Waals surface area (Å²) in [6.07, 6.45) is -3.20. The highest BCUT2D eigenvalue weighted by Crippen LogP contribution is 2.09. The van der Waals surface area contributed by atoms with Crippen LogP contribution < -0.4 is 5.32 Å². The standard InChI is InChI=1S/C6H13NO4.ClH/c8-2-3-5(10)6(11)4(9)1-7-3;/h3-11H,1-2H2;1H/t3-,4+,5+,6+;/m0./s1. The van der Waals surface area contributed by atoms with Crippen molar-refractivity contribution in [3.8, 4) is 0 Å². The van der Waals surface area contributed by atoms with Gasteiger partial charge < -0.3 is 25.7 Å². The van der Waals surface area contributed by atoms with E-state index in [2.05, 4.69) is 5.32 Å². The second-order valence-electron chi connectivity index (χ2n) is 2.75. The van der Waals surface area contributed by atoms with Gasteiger partial charge in [0.1, 0.15) is 6.10 Å². The van der Waals surface area contributed by atoms with Gasteiger partial charge in [0.25, 0.3) is 0 Å². The molecule has 74 valence electrons. The minimum Gasteiger partial charge on any atom is -0.395 e. The molecular weight excluding hydrogens is 186 g/mol. The Labute approximate surface area is 76.4 Å². The van der Waals surface area contributed by atoms with Crippen molar-refractivity contribution in [3.63, 3.8) is 0 Å². The smallest absolute Gasteiger partial charge is 0.109 e. The van der Waals surface area contributed by atoms with Crippen LogP contribution in [0, 0.1) is 0 Å². The molecule has 0 aliphatic carbocycles. The van der Waals surface area contributed by atoms with Crippen LogP contribution in [0.4, 0.5) is 0 Å². The molecule has 4 atom stereocenters. The maximum absolute atomic E-state index is 9.18. The van der Waals surface area contributed by atoms with E-state index in [4.69, 9.17) is 15.3 Å². The van der Waals surface area contributed by atoms with Crippen LogP contribution in [0.5, 0.6) is 0 Å². The van der Waals surface area contributed by atoms with Crippen LogP contribution in [0.2, 0.25) is 0 Å². The van der Waals surface area contributed by atoms with E-state index in [1.54, 1.807) is 0 Å². The van der Waals surface area contributed by atoms with Crippen LogP contribution in [0.15, 0.2) is 0 Å². The summed E-state index contributed by atoms with van der Waals surface area (Å²) in [5, 5.41) is 38.6. The average Bonchev–Trinajstić information content (AvgIpc) is 2.01. The predicted octanol–water partition coefficient (Wildman–Crippen LogP) is -2.54. The van der Waals surface area contributed by atoms with Crippen LogP contribution in [0.1, 0.15) is 0 Å². The molecule has 0 aromatic carbocycles. The predicted molar refractivity (Wildman–Crippen MR) is 44.1 cm³/mol. The summed E-state index contributed by atoms with van der Waals surface area (Å²) in [5.74, 6) is 0. The van der Waals surface area contributed by atoms with E-state index >= 15 is 0 Å². The summed E-state index contributed by atoms with van der Waals surface area (Å²) in [6.45, 7) is -0.0472. The molecule has 0 amide bonds. The van der Waals surface area contributed by atoms with E-state index in [9.17, 15) is 5.11 Å². The zero-order valence-electron chi connectivity index (χ0n) is 6.42. The molecule has 1 heterocycles. The Kier molecular flexibility index (Phi) is 5.00. The summed E-state index contributed by atoms with van der Waals surface area (Å²) in [5.41, 5.74) is 0. The molecule has 0 bridgehead atoms. The molecule has 1 aliphatic heterocycles. The fraction of sp³-hybridized carbons (Fsp3) is 1.00. The lowest BCUT2D eigenvalue weighted by Gasteiger charge is -2.34. The Bertz CT molecular complexity index is 135. The Morgan fingerprint density at radius 3 is 2.25 bits per heavy atom. The molecule has 0 radical (unpaired) electrons. The lowest BCUT2D eigenvalue weighted by Crippen LogP contribution is -2.60. The first kappa shape index (κ1) is 12.1. The molecule has 0 unspecified atom stereocenters. The third-order valence-electron chi connectivity index (χ3n) is 1.94. The van der Waals surface area contributed by atoms with E-state index in [0.717, 1.165) is 0 Å². The number of β-amino-alcohol motifs (C(OH)–C–C–N with tert-alkyl or cyclic N) is 1. The van der Waals surface area contributed by atoms with Crippen molar-refractivity contribution in [3.05, 3.63) is 0 Å². The van der Waals surface area contributed by atoms with Gasteiger partial charge >= 0.3 is 0 Å². The van der Waals surface area contributed by atoms with Gasteiger partial charge in [-0.1, -0.05) is 0 Å². The summed E-state index contributed by atoms with van der Waals surface area (Å²) in [4.78, 5) is 0. The quantitative estimate of drug-likeness (QED) is 0.321. The molecule has 0 aromatic rings. The first-order valence-electron chi connectivity index (χ1n) is 3.55. The second kappa shape index (κ2) is 4.96.